The number of hydrogen-bond donors (Lipinski definition) is 2. The third-order valence-electron chi connectivity index (χ3n) is 2.16. The molecule has 0 aliphatic carbocycles. The highest BCUT2D eigenvalue weighted by Gasteiger charge is 2.23. The fourth-order valence-electron chi connectivity index (χ4n) is 1.21. The van der Waals surface area contributed by atoms with Crippen LogP contribution in [-0.4, -0.2) is 0 Å². The van der Waals surface area contributed by atoms with E-state index in [2.05, 4.69) is 6.58 Å². The molecule has 1 aromatic carbocycles. The van der Waals surface area contributed by atoms with E-state index in [0.717, 1.165) is 6.20 Å². The van der Waals surface area contributed by atoms with Gasteiger partial charge in [0, 0.05) is 6.20 Å². The number of nitrogens with one attached hydrogen (secondary N) is 2. The van der Waals surface area contributed by atoms with Crippen molar-refractivity contribution in [1.29, 1.82) is 10.5 Å². The molecule has 0 fully saturated rings. The molecule has 0 aliphatic rings. The summed E-state index contributed by atoms with van der Waals surface area (Å²) in [5, 5.41) is 16.8. The van der Waals surface area contributed by atoms with E-state index in [0.29, 0.717) is 6.08 Å². The van der Waals surface area contributed by atoms with Gasteiger partial charge in [-0.05, 0) is 0 Å². The van der Waals surface area contributed by atoms with Crippen molar-refractivity contribution in [2.75, 3.05) is 5.43 Å². The number of allylic oxidation sites excluding steroid dienone is 1. The molecular formula is C12H6F4N4. The van der Waals surface area contributed by atoms with Gasteiger partial charge in [-0.3, -0.25) is 5.43 Å². The Hall–Kier alpha value is -3.00. The van der Waals surface area contributed by atoms with Gasteiger partial charge in [-0.2, -0.15) is 10.5 Å². The normalized spacial score (nSPS) is 9.10. The molecule has 102 valence electrons. The number of hydrogen-bond acceptors (Lipinski definition) is 4. The van der Waals surface area contributed by atoms with Crippen molar-refractivity contribution in [2.24, 2.45) is 0 Å². The Kier molecular flexibility index (Phi) is 4.71. The lowest BCUT2D eigenvalue weighted by molar-refractivity contribution is 0.455. The number of anilines is 1. The highest BCUT2D eigenvalue weighted by atomic mass is 19.2. The van der Waals surface area contributed by atoms with Gasteiger partial charge in [-0.15, -0.1) is 0 Å². The molecule has 0 amide bonds. The Bertz CT molecular complexity index is 623. The molecule has 0 unspecified atom stereocenters. The molecule has 0 bridgehead atoms. The van der Waals surface area contributed by atoms with E-state index in [1.165, 1.54) is 12.1 Å². The van der Waals surface area contributed by atoms with Crippen molar-refractivity contribution in [2.45, 2.75) is 0 Å². The van der Waals surface area contributed by atoms with Crippen LogP contribution in [0.4, 0.5) is 23.2 Å². The van der Waals surface area contributed by atoms with Crippen LogP contribution in [0.25, 0.3) is 6.08 Å². The first-order valence-electron chi connectivity index (χ1n) is 4.98. The third kappa shape index (κ3) is 2.70. The Morgan fingerprint density at radius 2 is 1.50 bits per heavy atom. The minimum atomic E-state index is -1.67. The van der Waals surface area contributed by atoms with E-state index in [-0.39, 0.29) is 0 Å². The first-order chi connectivity index (χ1) is 9.47. The van der Waals surface area contributed by atoms with Gasteiger partial charge in [-0.25, -0.2) is 17.6 Å². The maximum Gasteiger partial charge on any atom is 0.187 e. The summed E-state index contributed by atoms with van der Waals surface area (Å²) < 4.78 is 53.8. The molecule has 0 aliphatic heterocycles. The van der Waals surface area contributed by atoms with E-state index in [9.17, 15) is 17.6 Å². The minimum absolute atomic E-state index is 0.415. The van der Waals surface area contributed by atoms with Crippen LogP contribution < -0.4 is 10.9 Å². The number of nitrogens with zero attached hydrogens (tertiary/aromatic N) is 2. The summed E-state index contributed by atoms with van der Waals surface area (Å²) >= 11 is 0. The quantitative estimate of drug-likeness (QED) is 0.385. The molecule has 2 N–H and O–H groups in total. The van der Waals surface area contributed by atoms with Crippen LogP contribution in [0, 0.1) is 45.9 Å². The van der Waals surface area contributed by atoms with Gasteiger partial charge in [0.25, 0.3) is 0 Å². The molecule has 0 saturated carbocycles. The summed E-state index contributed by atoms with van der Waals surface area (Å²) in [6.45, 7) is 3.04. The number of benzene rings is 1. The first kappa shape index (κ1) is 15.1. The molecule has 1 rings (SSSR count). The summed E-state index contributed by atoms with van der Waals surface area (Å²) in [5.41, 5.74) is 1.32. The largest absolute Gasteiger partial charge is 0.306 e. The van der Waals surface area contributed by atoms with Crippen LogP contribution in [-0.2, 0) is 0 Å². The standard InChI is InChI=1S/C12H6F4N4/c1-2-7-8(13)10(15)12(11(16)9(7)14)20-19-5-6(3-17)4-18/h2,5,19-20H,1H2. The lowest BCUT2D eigenvalue weighted by Gasteiger charge is -2.11. The highest BCUT2D eigenvalue weighted by molar-refractivity contribution is 5.57. The molecule has 0 atom stereocenters. The predicted octanol–water partition coefficient (Wildman–Crippen LogP) is 2.73. The molecule has 0 saturated heterocycles. The van der Waals surface area contributed by atoms with Crippen molar-refractivity contribution in [1.82, 2.24) is 5.43 Å². The third-order valence-corrected chi connectivity index (χ3v) is 2.16. The summed E-state index contributed by atoms with van der Waals surface area (Å²) in [6, 6.07) is 2.91. The average Bonchev–Trinajstić information content (AvgIpc) is 2.45. The van der Waals surface area contributed by atoms with E-state index in [1.54, 1.807) is 0 Å². The minimum Gasteiger partial charge on any atom is -0.306 e. The van der Waals surface area contributed by atoms with Crippen molar-refractivity contribution < 1.29 is 17.6 Å². The van der Waals surface area contributed by atoms with Gasteiger partial charge in [0.15, 0.2) is 23.3 Å². The second-order valence-electron chi connectivity index (χ2n) is 3.30. The first-order valence-corrected chi connectivity index (χ1v) is 4.98. The van der Waals surface area contributed by atoms with Gasteiger partial charge in [-0.1, -0.05) is 12.7 Å². The topological polar surface area (TPSA) is 71.6 Å². The van der Waals surface area contributed by atoms with Crippen LogP contribution in [0.15, 0.2) is 18.4 Å². The maximum absolute atomic E-state index is 13.5. The van der Waals surface area contributed by atoms with E-state index < -0.39 is 40.1 Å². The number of rotatable bonds is 4. The van der Waals surface area contributed by atoms with Gasteiger partial charge in [0.1, 0.15) is 23.4 Å². The van der Waals surface area contributed by atoms with Crippen LogP contribution in [0.3, 0.4) is 0 Å². The van der Waals surface area contributed by atoms with Gasteiger partial charge in [0.2, 0.25) is 0 Å². The van der Waals surface area contributed by atoms with Gasteiger partial charge in [0.05, 0.1) is 5.56 Å². The fourth-order valence-corrected chi connectivity index (χ4v) is 1.21. The Morgan fingerprint density at radius 1 is 1.00 bits per heavy atom. The fraction of sp³-hybridized carbons (Fsp3) is 0. The molecule has 1 aromatic rings. The lowest BCUT2D eigenvalue weighted by Crippen LogP contribution is -2.19. The van der Waals surface area contributed by atoms with Gasteiger partial charge < -0.3 is 5.43 Å². The SMILES string of the molecule is C=Cc1c(F)c(F)c(NNC=C(C#N)C#N)c(F)c1F. The Balaban J connectivity index is 3.16. The summed E-state index contributed by atoms with van der Waals surface area (Å²) in [7, 11) is 0. The van der Waals surface area contributed by atoms with Crippen molar-refractivity contribution in [3.05, 3.63) is 47.2 Å². The zero-order valence-electron chi connectivity index (χ0n) is 9.77. The van der Waals surface area contributed by atoms with Crippen LogP contribution in [0.1, 0.15) is 5.56 Å². The van der Waals surface area contributed by atoms with E-state index >= 15 is 0 Å². The second-order valence-corrected chi connectivity index (χ2v) is 3.30. The Morgan fingerprint density at radius 3 is 1.90 bits per heavy atom. The smallest absolute Gasteiger partial charge is 0.187 e. The predicted molar refractivity (Wildman–Crippen MR) is 62.4 cm³/mol. The van der Waals surface area contributed by atoms with Crippen LogP contribution in [0.2, 0.25) is 0 Å². The van der Waals surface area contributed by atoms with E-state index in [4.69, 9.17) is 10.5 Å². The Labute approximate surface area is 111 Å². The number of hydrazine groups is 1. The van der Waals surface area contributed by atoms with Crippen LogP contribution in [0.5, 0.6) is 0 Å². The van der Waals surface area contributed by atoms with Crippen molar-refractivity contribution in [3.8, 4) is 12.1 Å². The monoisotopic (exact) mass is 282 g/mol. The summed E-state index contributed by atoms with van der Waals surface area (Å²) in [4.78, 5) is 0. The molecule has 0 heterocycles. The molecule has 0 aromatic heterocycles. The molecule has 4 nitrogen and oxygen atoms in total. The van der Waals surface area contributed by atoms with Crippen molar-refractivity contribution >= 4 is 11.8 Å². The highest BCUT2D eigenvalue weighted by Crippen LogP contribution is 2.28. The van der Waals surface area contributed by atoms with Crippen LogP contribution >= 0.6 is 0 Å². The van der Waals surface area contributed by atoms with E-state index in [1.807, 2.05) is 10.9 Å². The summed E-state index contributed by atoms with van der Waals surface area (Å²) in [5.74, 6) is -6.58. The molecule has 0 spiro atoms. The molecular weight excluding hydrogens is 276 g/mol. The molecule has 0 radical (unpaired) electrons. The second kappa shape index (κ2) is 6.25. The van der Waals surface area contributed by atoms with Gasteiger partial charge >= 0.3 is 0 Å². The summed E-state index contributed by atoms with van der Waals surface area (Å²) in [6.07, 6.45) is 1.41. The lowest BCUT2D eigenvalue weighted by atomic mass is 10.1. The maximum atomic E-state index is 13.5. The number of nitriles is 2. The zero-order valence-corrected chi connectivity index (χ0v) is 9.77. The average molecular weight is 282 g/mol. The molecule has 20 heavy (non-hydrogen) atoms. The van der Waals surface area contributed by atoms with Crippen molar-refractivity contribution in [3.63, 3.8) is 0 Å². The zero-order chi connectivity index (χ0) is 15.3. The number of halogens is 4. The molecule has 8 heteroatoms.